The second-order valence-electron chi connectivity index (χ2n) is 5.83. The highest BCUT2D eigenvalue weighted by molar-refractivity contribution is 5.92. The Morgan fingerprint density at radius 2 is 2.05 bits per heavy atom. The summed E-state index contributed by atoms with van der Waals surface area (Å²) in [6.45, 7) is 7.32. The second kappa shape index (κ2) is 5.64. The first-order chi connectivity index (χ1) is 9.04. The molecule has 0 unspecified atom stereocenters. The highest BCUT2D eigenvalue weighted by atomic mass is 15.1. The zero-order valence-electron chi connectivity index (χ0n) is 12.3. The van der Waals surface area contributed by atoms with Crippen LogP contribution in [0.1, 0.15) is 43.7 Å². The molecule has 0 aromatic heterocycles. The minimum Gasteiger partial charge on any atom is -0.370 e. The van der Waals surface area contributed by atoms with E-state index in [1.807, 2.05) is 6.07 Å². The standard InChI is InChI=1S/C16H25N3/c1-4-16(8-5-9-16)11-18-15(17)19-14-7-6-12(2)13(3)10-14/h6-7,10H,4-5,8-9,11H2,1-3H3,(H3,17,18,19). The van der Waals surface area contributed by atoms with Crippen LogP contribution in [0.5, 0.6) is 0 Å². The summed E-state index contributed by atoms with van der Waals surface area (Å²) in [7, 11) is 0. The van der Waals surface area contributed by atoms with Crippen molar-refractivity contribution in [2.75, 3.05) is 11.9 Å². The summed E-state index contributed by atoms with van der Waals surface area (Å²) in [4.78, 5) is 4.52. The average Bonchev–Trinajstić information content (AvgIpc) is 2.33. The van der Waals surface area contributed by atoms with Gasteiger partial charge in [-0.25, -0.2) is 0 Å². The molecule has 0 bridgehead atoms. The first-order valence-electron chi connectivity index (χ1n) is 7.19. The molecule has 0 amide bonds. The molecule has 19 heavy (non-hydrogen) atoms. The third-order valence-electron chi connectivity index (χ3n) is 4.53. The van der Waals surface area contributed by atoms with E-state index in [9.17, 15) is 0 Å². The molecule has 0 heterocycles. The minimum absolute atomic E-state index is 0.426. The van der Waals surface area contributed by atoms with Crippen LogP contribution in [0, 0.1) is 19.3 Å². The molecule has 1 saturated carbocycles. The number of nitrogens with two attached hydrogens (primary N) is 1. The van der Waals surface area contributed by atoms with Gasteiger partial charge in [0.1, 0.15) is 0 Å². The third kappa shape index (κ3) is 3.28. The molecule has 1 aliphatic carbocycles. The van der Waals surface area contributed by atoms with Crippen molar-refractivity contribution < 1.29 is 0 Å². The van der Waals surface area contributed by atoms with Crippen LogP contribution in [0.2, 0.25) is 0 Å². The molecule has 3 heteroatoms. The van der Waals surface area contributed by atoms with E-state index in [1.54, 1.807) is 0 Å². The fraction of sp³-hybridized carbons (Fsp3) is 0.562. The van der Waals surface area contributed by atoms with Gasteiger partial charge in [0.05, 0.1) is 0 Å². The second-order valence-corrected chi connectivity index (χ2v) is 5.83. The van der Waals surface area contributed by atoms with Crippen LogP contribution < -0.4 is 11.1 Å². The number of guanidine groups is 1. The molecule has 2 rings (SSSR count). The lowest BCUT2D eigenvalue weighted by Crippen LogP contribution is -2.33. The molecule has 0 aliphatic heterocycles. The smallest absolute Gasteiger partial charge is 0.193 e. The fourth-order valence-corrected chi connectivity index (χ4v) is 2.56. The summed E-state index contributed by atoms with van der Waals surface area (Å²) in [6, 6.07) is 6.25. The largest absolute Gasteiger partial charge is 0.370 e. The van der Waals surface area contributed by atoms with E-state index in [2.05, 4.69) is 43.2 Å². The van der Waals surface area contributed by atoms with Crippen molar-refractivity contribution in [1.82, 2.24) is 0 Å². The molecular weight excluding hydrogens is 234 g/mol. The van der Waals surface area contributed by atoms with E-state index in [-0.39, 0.29) is 0 Å². The SMILES string of the molecule is CCC1(CN=C(N)Nc2ccc(C)c(C)c2)CCC1. The van der Waals surface area contributed by atoms with E-state index >= 15 is 0 Å². The van der Waals surface area contributed by atoms with Crippen molar-refractivity contribution in [3.63, 3.8) is 0 Å². The van der Waals surface area contributed by atoms with E-state index in [4.69, 9.17) is 5.73 Å². The van der Waals surface area contributed by atoms with Gasteiger partial charge in [0.2, 0.25) is 0 Å². The Kier molecular flexibility index (Phi) is 4.13. The number of hydrogen-bond donors (Lipinski definition) is 2. The fourth-order valence-electron chi connectivity index (χ4n) is 2.56. The van der Waals surface area contributed by atoms with E-state index in [0.717, 1.165) is 12.2 Å². The topological polar surface area (TPSA) is 50.4 Å². The lowest BCUT2D eigenvalue weighted by molar-refractivity contribution is 0.139. The maximum atomic E-state index is 5.97. The first-order valence-corrected chi connectivity index (χ1v) is 7.19. The normalized spacial score (nSPS) is 17.9. The predicted molar refractivity (Wildman–Crippen MR) is 82.6 cm³/mol. The number of nitrogens with zero attached hydrogens (tertiary/aromatic N) is 1. The lowest BCUT2D eigenvalue weighted by Gasteiger charge is -2.40. The van der Waals surface area contributed by atoms with Crippen LogP contribution in [0.4, 0.5) is 5.69 Å². The Labute approximate surface area is 116 Å². The van der Waals surface area contributed by atoms with E-state index < -0.39 is 0 Å². The summed E-state index contributed by atoms with van der Waals surface area (Å²) in [5.74, 6) is 0.531. The molecule has 0 atom stereocenters. The molecule has 0 radical (unpaired) electrons. The number of benzene rings is 1. The molecule has 1 fully saturated rings. The molecule has 0 spiro atoms. The highest BCUT2D eigenvalue weighted by Crippen LogP contribution is 2.43. The van der Waals surface area contributed by atoms with Gasteiger partial charge in [-0.2, -0.15) is 0 Å². The van der Waals surface area contributed by atoms with Gasteiger partial charge >= 0.3 is 0 Å². The Hall–Kier alpha value is -1.51. The van der Waals surface area contributed by atoms with Crippen molar-refractivity contribution in [3.8, 4) is 0 Å². The van der Waals surface area contributed by atoms with Crippen molar-refractivity contribution in [2.24, 2.45) is 16.1 Å². The highest BCUT2D eigenvalue weighted by Gasteiger charge is 2.34. The summed E-state index contributed by atoms with van der Waals surface area (Å²) in [6.07, 6.45) is 5.13. The van der Waals surface area contributed by atoms with Gasteiger partial charge in [-0.1, -0.05) is 19.4 Å². The lowest BCUT2D eigenvalue weighted by atomic mass is 9.67. The van der Waals surface area contributed by atoms with Gasteiger partial charge in [-0.3, -0.25) is 4.99 Å². The third-order valence-corrected chi connectivity index (χ3v) is 4.53. The Bertz CT molecular complexity index is 467. The Balaban J connectivity index is 1.96. The van der Waals surface area contributed by atoms with E-state index in [0.29, 0.717) is 11.4 Å². The Morgan fingerprint density at radius 1 is 1.32 bits per heavy atom. The quantitative estimate of drug-likeness (QED) is 0.641. The van der Waals surface area contributed by atoms with Crippen LogP contribution in [-0.4, -0.2) is 12.5 Å². The summed E-state index contributed by atoms with van der Waals surface area (Å²) in [5.41, 5.74) is 9.97. The number of nitrogens with one attached hydrogen (secondary N) is 1. The molecule has 0 saturated heterocycles. The number of anilines is 1. The van der Waals surface area contributed by atoms with Crippen LogP contribution in [0.15, 0.2) is 23.2 Å². The monoisotopic (exact) mass is 259 g/mol. The maximum absolute atomic E-state index is 5.97. The zero-order chi connectivity index (χ0) is 13.9. The zero-order valence-corrected chi connectivity index (χ0v) is 12.3. The van der Waals surface area contributed by atoms with Gasteiger partial charge in [0, 0.05) is 12.2 Å². The molecular formula is C16H25N3. The predicted octanol–water partition coefficient (Wildman–Crippen LogP) is 3.61. The summed E-state index contributed by atoms with van der Waals surface area (Å²) < 4.78 is 0. The summed E-state index contributed by atoms with van der Waals surface area (Å²) in [5, 5.41) is 3.18. The number of aliphatic imine (C=N–C) groups is 1. The first kappa shape index (κ1) is 13.9. The van der Waals surface area contributed by atoms with Gasteiger partial charge < -0.3 is 11.1 Å². The Morgan fingerprint density at radius 3 is 2.58 bits per heavy atom. The van der Waals surface area contributed by atoms with Crippen molar-refractivity contribution in [3.05, 3.63) is 29.3 Å². The van der Waals surface area contributed by atoms with Gasteiger partial charge in [0.25, 0.3) is 0 Å². The minimum atomic E-state index is 0.426. The van der Waals surface area contributed by atoms with Crippen LogP contribution in [0.25, 0.3) is 0 Å². The number of aryl methyl sites for hydroxylation is 2. The van der Waals surface area contributed by atoms with Gasteiger partial charge in [-0.05, 0) is 61.8 Å². The van der Waals surface area contributed by atoms with Crippen molar-refractivity contribution in [2.45, 2.75) is 46.5 Å². The molecule has 3 nitrogen and oxygen atoms in total. The van der Waals surface area contributed by atoms with Crippen molar-refractivity contribution in [1.29, 1.82) is 0 Å². The summed E-state index contributed by atoms with van der Waals surface area (Å²) >= 11 is 0. The van der Waals surface area contributed by atoms with Crippen LogP contribution >= 0.6 is 0 Å². The average molecular weight is 259 g/mol. The molecule has 3 N–H and O–H groups in total. The maximum Gasteiger partial charge on any atom is 0.193 e. The molecule has 104 valence electrons. The van der Waals surface area contributed by atoms with Gasteiger partial charge in [-0.15, -0.1) is 0 Å². The number of rotatable bonds is 4. The molecule has 1 aromatic carbocycles. The van der Waals surface area contributed by atoms with Crippen LogP contribution in [0.3, 0.4) is 0 Å². The van der Waals surface area contributed by atoms with Crippen molar-refractivity contribution >= 4 is 11.6 Å². The number of hydrogen-bond acceptors (Lipinski definition) is 1. The van der Waals surface area contributed by atoms with E-state index in [1.165, 1.54) is 36.8 Å². The van der Waals surface area contributed by atoms with Gasteiger partial charge in [0.15, 0.2) is 5.96 Å². The molecule has 1 aromatic rings. The molecule has 1 aliphatic rings. The van der Waals surface area contributed by atoms with Crippen LogP contribution in [-0.2, 0) is 0 Å².